The van der Waals surface area contributed by atoms with Gasteiger partial charge >= 0.3 is 0 Å². The first kappa shape index (κ1) is 21.6. The lowest BCUT2D eigenvalue weighted by Gasteiger charge is -2.14. The van der Waals surface area contributed by atoms with Crippen molar-refractivity contribution in [3.05, 3.63) is 83.0 Å². The summed E-state index contributed by atoms with van der Waals surface area (Å²) in [6, 6.07) is 18.4. The van der Waals surface area contributed by atoms with Crippen molar-refractivity contribution in [3.63, 3.8) is 0 Å². The Labute approximate surface area is 189 Å². The van der Waals surface area contributed by atoms with Gasteiger partial charge in [-0.1, -0.05) is 12.1 Å². The number of nitrogens with zero attached hydrogens (tertiary/aromatic N) is 2. The highest BCUT2D eigenvalue weighted by Gasteiger charge is 2.13. The average Bonchev–Trinajstić information content (AvgIpc) is 2.78. The van der Waals surface area contributed by atoms with Gasteiger partial charge in [-0.25, -0.2) is 4.98 Å². The minimum Gasteiger partial charge on any atom is -0.497 e. The maximum absolute atomic E-state index is 5.40. The Balaban J connectivity index is 1.70. The number of rotatable bonds is 5. The number of methoxy groups -OCH3 is 2. The van der Waals surface area contributed by atoms with Crippen molar-refractivity contribution >= 4 is 0 Å². The molecule has 4 heteroatoms. The van der Waals surface area contributed by atoms with Gasteiger partial charge in [-0.3, -0.25) is 4.98 Å². The second-order valence-corrected chi connectivity index (χ2v) is 8.11. The van der Waals surface area contributed by atoms with Crippen LogP contribution in [0.2, 0.25) is 0 Å². The van der Waals surface area contributed by atoms with Crippen molar-refractivity contribution in [2.24, 2.45) is 0 Å². The van der Waals surface area contributed by atoms with Gasteiger partial charge in [0.1, 0.15) is 11.5 Å². The van der Waals surface area contributed by atoms with E-state index in [0.717, 1.165) is 50.8 Å². The lowest BCUT2D eigenvalue weighted by atomic mass is 9.96. The highest BCUT2D eigenvalue weighted by molar-refractivity contribution is 5.74. The first-order valence-corrected chi connectivity index (χ1v) is 10.7. The largest absolute Gasteiger partial charge is 0.497 e. The summed E-state index contributed by atoms with van der Waals surface area (Å²) < 4.78 is 10.8. The fraction of sp³-hybridized carbons (Fsp3) is 0.214. The van der Waals surface area contributed by atoms with E-state index in [-0.39, 0.29) is 0 Å². The Hall–Kier alpha value is -3.66. The second-order valence-electron chi connectivity index (χ2n) is 8.11. The molecule has 0 aliphatic rings. The number of aryl methyl sites for hydroxylation is 4. The molecule has 4 aromatic rings. The average molecular weight is 425 g/mol. The summed E-state index contributed by atoms with van der Waals surface area (Å²) in [6.07, 6.45) is 1.93. The first-order chi connectivity index (χ1) is 15.4. The number of benzene rings is 2. The van der Waals surface area contributed by atoms with Crippen molar-refractivity contribution in [2.75, 3.05) is 14.2 Å². The molecule has 0 atom stereocenters. The molecule has 0 saturated carbocycles. The Bertz CT molecular complexity index is 1230. The summed E-state index contributed by atoms with van der Waals surface area (Å²) in [4.78, 5) is 9.67. The van der Waals surface area contributed by atoms with Gasteiger partial charge in [-0.05, 0) is 98.0 Å². The van der Waals surface area contributed by atoms with E-state index in [0.29, 0.717) is 0 Å². The third kappa shape index (κ3) is 4.09. The summed E-state index contributed by atoms with van der Waals surface area (Å²) in [5, 5.41) is 0. The summed E-state index contributed by atoms with van der Waals surface area (Å²) in [6.45, 7) is 8.38. The number of ether oxygens (including phenoxy) is 2. The lowest BCUT2D eigenvalue weighted by molar-refractivity contribution is 0.414. The minimum atomic E-state index is 0.850. The monoisotopic (exact) mass is 424 g/mol. The third-order valence-corrected chi connectivity index (χ3v) is 5.80. The van der Waals surface area contributed by atoms with Crippen LogP contribution in [-0.2, 0) is 0 Å². The van der Waals surface area contributed by atoms with Gasteiger partial charge in [0.05, 0.1) is 31.3 Å². The number of pyridine rings is 2. The van der Waals surface area contributed by atoms with Crippen LogP contribution in [-0.4, -0.2) is 24.2 Å². The van der Waals surface area contributed by atoms with Gasteiger partial charge in [0.25, 0.3) is 0 Å². The van der Waals surface area contributed by atoms with Crippen LogP contribution < -0.4 is 9.47 Å². The molecule has 0 saturated heterocycles. The van der Waals surface area contributed by atoms with Crippen molar-refractivity contribution in [1.29, 1.82) is 0 Å². The molecular formula is C28H28N2O2. The normalized spacial score (nSPS) is 10.8. The third-order valence-electron chi connectivity index (χ3n) is 5.80. The number of hydrogen-bond donors (Lipinski definition) is 0. The van der Waals surface area contributed by atoms with E-state index in [1.165, 1.54) is 16.7 Å². The first-order valence-electron chi connectivity index (χ1n) is 10.7. The molecule has 0 radical (unpaired) electrons. The van der Waals surface area contributed by atoms with Crippen molar-refractivity contribution in [1.82, 2.24) is 9.97 Å². The Kier molecular flexibility index (Phi) is 5.95. The topological polar surface area (TPSA) is 44.2 Å². The highest BCUT2D eigenvalue weighted by Crippen LogP contribution is 2.33. The van der Waals surface area contributed by atoms with E-state index in [1.54, 1.807) is 14.2 Å². The minimum absolute atomic E-state index is 0.850. The van der Waals surface area contributed by atoms with E-state index in [4.69, 9.17) is 19.4 Å². The van der Waals surface area contributed by atoms with Crippen LogP contribution in [0, 0.1) is 27.7 Å². The van der Waals surface area contributed by atoms with E-state index in [2.05, 4.69) is 45.9 Å². The standard InChI is InChI=1S/C28H28N2O2/c1-17-12-22(31-5)13-18(2)27(17)21-10-11-24(29-16-21)25-8-7-9-26(30-25)28-19(3)14-23(32-6)15-20(28)4/h7-16H,1-6H3. The quantitative estimate of drug-likeness (QED) is 0.356. The van der Waals surface area contributed by atoms with Crippen molar-refractivity contribution < 1.29 is 9.47 Å². The van der Waals surface area contributed by atoms with E-state index < -0.39 is 0 Å². The van der Waals surface area contributed by atoms with Crippen LogP contribution in [0.15, 0.2) is 60.8 Å². The van der Waals surface area contributed by atoms with Crippen LogP contribution in [0.5, 0.6) is 11.5 Å². The van der Waals surface area contributed by atoms with Gasteiger partial charge in [-0.15, -0.1) is 0 Å². The molecule has 0 amide bonds. The smallest absolute Gasteiger partial charge is 0.119 e. The molecule has 2 heterocycles. The van der Waals surface area contributed by atoms with Crippen LogP contribution in [0.25, 0.3) is 33.8 Å². The van der Waals surface area contributed by atoms with Crippen molar-refractivity contribution in [3.8, 4) is 45.3 Å². The number of aromatic nitrogens is 2. The van der Waals surface area contributed by atoms with Crippen LogP contribution in [0.3, 0.4) is 0 Å². The molecule has 0 spiro atoms. The SMILES string of the molecule is COc1cc(C)c(-c2ccc(-c3cccc(-c4c(C)cc(OC)cc4C)n3)nc2)c(C)c1. The molecule has 4 nitrogen and oxygen atoms in total. The van der Waals surface area contributed by atoms with Crippen molar-refractivity contribution in [2.45, 2.75) is 27.7 Å². The Morgan fingerprint density at radius 2 is 1.12 bits per heavy atom. The molecule has 32 heavy (non-hydrogen) atoms. The number of hydrogen-bond acceptors (Lipinski definition) is 4. The zero-order valence-corrected chi connectivity index (χ0v) is 19.5. The highest BCUT2D eigenvalue weighted by atomic mass is 16.5. The van der Waals surface area contributed by atoms with E-state index >= 15 is 0 Å². The van der Waals surface area contributed by atoms with E-state index in [1.807, 2.05) is 42.6 Å². The van der Waals surface area contributed by atoms with Crippen LogP contribution >= 0.6 is 0 Å². The molecule has 162 valence electrons. The van der Waals surface area contributed by atoms with E-state index in [9.17, 15) is 0 Å². The molecule has 0 aliphatic carbocycles. The maximum atomic E-state index is 5.40. The summed E-state index contributed by atoms with van der Waals surface area (Å²) in [5.74, 6) is 1.74. The predicted molar refractivity (Wildman–Crippen MR) is 130 cm³/mol. The van der Waals surface area contributed by atoms with Gasteiger partial charge in [-0.2, -0.15) is 0 Å². The molecule has 4 rings (SSSR count). The van der Waals surface area contributed by atoms with Gasteiger partial charge in [0.2, 0.25) is 0 Å². The van der Waals surface area contributed by atoms with Crippen LogP contribution in [0.1, 0.15) is 22.3 Å². The molecule has 0 N–H and O–H groups in total. The Morgan fingerprint density at radius 3 is 1.62 bits per heavy atom. The molecule has 2 aromatic heterocycles. The van der Waals surface area contributed by atoms with Gasteiger partial charge < -0.3 is 9.47 Å². The molecule has 0 aliphatic heterocycles. The second kappa shape index (κ2) is 8.83. The lowest BCUT2D eigenvalue weighted by Crippen LogP contribution is -1.96. The zero-order chi connectivity index (χ0) is 22.8. The van der Waals surface area contributed by atoms with Gasteiger partial charge in [0.15, 0.2) is 0 Å². The fourth-order valence-corrected chi connectivity index (χ4v) is 4.35. The fourth-order valence-electron chi connectivity index (χ4n) is 4.35. The van der Waals surface area contributed by atoms with Gasteiger partial charge in [0, 0.05) is 17.3 Å². The molecule has 0 unspecified atom stereocenters. The van der Waals surface area contributed by atoms with Crippen LogP contribution in [0.4, 0.5) is 0 Å². The molecule has 2 aromatic carbocycles. The summed E-state index contributed by atoms with van der Waals surface area (Å²) in [5.41, 5.74) is 10.7. The zero-order valence-electron chi connectivity index (χ0n) is 19.5. The molecule has 0 bridgehead atoms. The summed E-state index contributed by atoms with van der Waals surface area (Å²) in [7, 11) is 3.39. The predicted octanol–water partition coefficient (Wildman–Crippen LogP) is 6.73. The maximum Gasteiger partial charge on any atom is 0.119 e. The Morgan fingerprint density at radius 1 is 0.594 bits per heavy atom. The summed E-state index contributed by atoms with van der Waals surface area (Å²) >= 11 is 0. The molecular weight excluding hydrogens is 396 g/mol. The molecule has 0 fully saturated rings.